The zero-order valence-electron chi connectivity index (χ0n) is 7.07. The van der Waals surface area contributed by atoms with Gasteiger partial charge in [0.2, 0.25) is 0 Å². The van der Waals surface area contributed by atoms with Crippen LogP contribution < -0.4 is 9.84 Å². The summed E-state index contributed by atoms with van der Waals surface area (Å²) in [5.41, 5.74) is 1.22. The van der Waals surface area contributed by atoms with Crippen molar-refractivity contribution in [1.82, 2.24) is 0 Å². The fourth-order valence-electron chi connectivity index (χ4n) is 1.05. The average Bonchev–Trinajstić information content (AvgIpc) is 2.04. The van der Waals surface area contributed by atoms with E-state index in [-0.39, 0.29) is 5.56 Å². The predicted octanol–water partition coefficient (Wildman–Crippen LogP) is 0.355. The third kappa shape index (κ3) is 1.75. The van der Waals surface area contributed by atoms with Crippen molar-refractivity contribution < 1.29 is 14.9 Å². The molecule has 0 aliphatic heterocycles. The quantitative estimate of drug-likeness (QED) is 0.647. The SMILES string of the molecule is COc1ccc(C)cc1C([O-])O. The molecule has 1 aromatic carbocycles. The van der Waals surface area contributed by atoms with E-state index in [0.717, 1.165) is 5.56 Å². The van der Waals surface area contributed by atoms with E-state index >= 15 is 0 Å². The minimum Gasteiger partial charge on any atom is -0.828 e. The number of methoxy groups -OCH3 is 1. The van der Waals surface area contributed by atoms with Crippen molar-refractivity contribution >= 4 is 0 Å². The van der Waals surface area contributed by atoms with E-state index in [1.54, 1.807) is 12.1 Å². The van der Waals surface area contributed by atoms with Crippen LogP contribution in [-0.2, 0) is 0 Å². The molecule has 1 aromatic rings. The highest BCUT2D eigenvalue weighted by Gasteiger charge is 2.03. The van der Waals surface area contributed by atoms with Crippen molar-refractivity contribution in [3.63, 3.8) is 0 Å². The number of rotatable bonds is 2. The molecule has 1 N–H and O–H groups in total. The van der Waals surface area contributed by atoms with Crippen molar-refractivity contribution in [2.24, 2.45) is 0 Å². The number of aliphatic hydroxyl groups excluding tert-OH is 1. The number of hydrogen-bond donors (Lipinski definition) is 1. The molecule has 3 nitrogen and oxygen atoms in total. The van der Waals surface area contributed by atoms with Gasteiger partial charge in [-0.2, -0.15) is 0 Å². The van der Waals surface area contributed by atoms with E-state index < -0.39 is 6.29 Å². The van der Waals surface area contributed by atoms with Gasteiger partial charge in [0.05, 0.1) is 7.11 Å². The summed E-state index contributed by atoms with van der Waals surface area (Å²) in [6.45, 7) is 1.85. The Labute approximate surface area is 71.2 Å². The smallest absolute Gasteiger partial charge is 0.123 e. The predicted molar refractivity (Wildman–Crippen MR) is 42.7 cm³/mol. The molecule has 0 saturated heterocycles. The Kier molecular flexibility index (Phi) is 2.68. The highest BCUT2D eigenvalue weighted by Crippen LogP contribution is 2.22. The normalized spacial score (nSPS) is 12.7. The minimum absolute atomic E-state index is 0.289. The van der Waals surface area contributed by atoms with Gasteiger partial charge in [0, 0.05) is 11.9 Å². The Morgan fingerprint density at radius 2 is 2.17 bits per heavy atom. The summed E-state index contributed by atoms with van der Waals surface area (Å²) < 4.78 is 4.90. The van der Waals surface area contributed by atoms with Gasteiger partial charge < -0.3 is 14.9 Å². The average molecular weight is 167 g/mol. The molecule has 12 heavy (non-hydrogen) atoms. The van der Waals surface area contributed by atoms with Gasteiger partial charge in [-0.1, -0.05) is 17.7 Å². The number of aryl methyl sites for hydroxylation is 1. The largest absolute Gasteiger partial charge is 0.828 e. The fraction of sp³-hybridized carbons (Fsp3) is 0.333. The number of benzene rings is 1. The summed E-state index contributed by atoms with van der Waals surface area (Å²) in [4.78, 5) is 0. The molecule has 0 aliphatic rings. The third-order valence-corrected chi connectivity index (χ3v) is 1.65. The summed E-state index contributed by atoms with van der Waals surface area (Å²) in [5, 5.41) is 19.6. The van der Waals surface area contributed by atoms with Gasteiger partial charge in [0.25, 0.3) is 0 Å². The van der Waals surface area contributed by atoms with Crippen molar-refractivity contribution in [3.8, 4) is 5.75 Å². The number of ether oxygens (including phenoxy) is 1. The van der Waals surface area contributed by atoms with Crippen LogP contribution in [0.2, 0.25) is 0 Å². The summed E-state index contributed by atoms with van der Waals surface area (Å²) in [6.07, 6.45) is -1.72. The summed E-state index contributed by atoms with van der Waals surface area (Å²) in [7, 11) is 1.47. The van der Waals surface area contributed by atoms with E-state index in [4.69, 9.17) is 9.84 Å². The highest BCUT2D eigenvalue weighted by atomic mass is 16.5. The third-order valence-electron chi connectivity index (χ3n) is 1.65. The Bertz CT molecular complexity index is 268. The molecule has 0 saturated carbocycles. The van der Waals surface area contributed by atoms with Gasteiger partial charge in [-0.3, -0.25) is 0 Å². The Hall–Kier alpha value is -1.06. The van der Waals surface area contributed by atoms with Crippen LogP contribution in [-0.4, -0.2) is 12.2 Å². The van der Waals surface area contributed by atoms with Crippen molar-refractivity contribution in [1.29, 1.82) is 0 Å². The summed E-state index contributed by atoms with van der Waals surface area (Å²) in [6, 6.07) is 5.12. The lowest BCUT2D eigenvalue weighted by atomic mass is 10.1. The lowest BCUT2D eigenvalue weighted by Crippen LogP contribution is -2.15. The van der Waals surface area contributed by atoms with E-state index in [1.807, 2.05) is 13.0 Å². The van der Waals surface area contributed by atoms with E-state index in [1.165, 1.54) is 7.11 Å². The summed E-state index contributed by atoms with van der Waals surface area (Å²) >= 11 is 0. The molecule has 0 spiro atoms. The summed E-state index contributed by atoms with van der Waals surface area (Å²) in [5.74, 6) is 0.433. The molecule has 0 amide bonds. The first-order valence-corrected chi connectivity index (χ1v) is 3.63. The molecule has 0 heterocycles. The fourth-order valence-corrected chi connectivity index (χ4v) is 1.05. The molecule has 1 atom stereocenters. The Morgan fingerprint density at radius 3 is 2.67 bits per heavy atom. The topological polar surface area (TPSA) is 52.5 Å². The van der Waals surface area contributed by atoms with Crippen LogP contribution in [0.15, 0.2) is 18.2 Å². The van der Waals surface area contributed by atoms with Crippen LogP contribution in [0.3, 0.4) is 0 Å². The second kappa shape index (κ2) is 3.56. The van der Waals surface area contributed by atoms with Gasteiger partial charge in [0.1, 0.15) is 5.75 Å². The lowest BCUT2D eigenvalue weighted by molar-refractivity contribution is -0.490. The second-order valence-electron chi connectivity index (χ2n) is 2.60. The maximum Gasteiger partial charge on any atom is 0.123 e. The van der Waals surface area contributed by atoms with Crippen molar-refractivity contribution in [2.45, 2.75) is 13.2 Å². The molecule has 0 aliphatic carbocycles. The van der Waals surface area contributed by atoms with Crippen LogP contribution >= 0.6 is 0 Å². The van der Waals surface area contributed by atoms with Gasteiger partial charge in [-0.15, -0.1) is 0 Å². The molecule has 3 heteroatoms. The van der Waals surface area contributed by atoms with Gasteiger partial charge in [0.15, 0.2) is 0 Å². The molecule has 0 aromatic heterocycles. The zero-order chi connectivity index (χ0) is 9.14. The lowest BCUT2D eigenvalue weighted by Gasteiger charge is -2.18. The number of hydrogen-bond acceptors (Lipinski definition) is 3. The van der Waals surface area contributed by atoms with Crippen LogP contribution in [0.4, 0.5) is 0 Å². The molecular weight excluding hydrogens is 156 g/mol. The van der Waals surface area contributed by atoms with Gasteiger partial charge >= 0.3 is 0 Å². The van der Waals surface area contributed by atoms with E-state index in [2.05, 4.69) is 0 Å². The Balaban J connectivity index is 3.12. The molecule has 66 valence electrons. The first-order valence-electron chi connectivity index (χ1n) is 3.63. The van der Waals surface area contributed by atoms with Crippen molar-refractivity contribution in [3.05, 3.63) is 29.3 Å². The molecular formula is C9H11O3-. The number of aliphatic hydroxyl groups is 1. The highest BCUT2D eigenvalue weighted by molar-refractivity contribution is 5.37. The van der Waals surface area contributed by atoms with Crippen LogP contribution in [0, 0.1) is 6.92 Å². The molecule has 1 rings (SSSR count). The minimum atomic E-state index is -1.72. The molecule has 0 radical (unpaired) electrons. The first kappa shape index (κ1) is 9.03. The van der Waals surface area contributed by atoms with E-state index in [9.17, 15) is 5.11 Å². The van der Waals surface area contributed by atoms with E-state index in [0.29, 0.717) is 5.75 Å². The Morgan fingerprint density at radius 1 is 1.50 bits per heavy atom. The standard InChI is InChI=1S/C9H11O3/c1-6-3-4-8(12-2)7(5-6)9(10)11/h3-5,9-10H,1-2H3/q-1. The molecule has 0 fully saturated rings. The van der Waals surface area contributed by atoms with Gasteiger partial charge in [-0.25, -0.2) is 0 Å². The first-order chi connectivity index (χ1) is 5.65. The monoisotopic (exact) mass is 167 g/mol. The van der Waals surface area contributed by atoms with Crippen molar-refractivity contribution in [2.75, 3.05) is 7.11 Å². The molecule has 1 unspecified atom stereocenters. The van der Waals surface area contributed by atoms with Gasteiger partial charge in [-0.05, 0) is 13.0 Å². The second-order valence-corrected chi connectivity index (χ2v) is 2.60. The molecule has 0 bridgehead atoms. The van der Waals surface area contributed by atoms with Crippen LogP contribution in [0.1, 0.15) is 17.4 Å². The van der Waals surface area contributed by atoms with Crippen LogP contribution in [0.5, 0.6) is 5.75 Å². The van der Waals surface area contributed by atoms with Crippen LogP contribution in [0.25, 0.3) is 0 Å². The maximum absolute atomic E-state index is 10.7. The maximum atomic E-state index is 10.7. The zero-order valence-corrected chi connectivity index (χ0v) is 7.07.